The Morgan fingerprint density at radius 2 is 2.00 bits per heavy atom. The molecule has 1 heterocycles. The fourth-order valence-corrected chi connectivity index (χ4v) is 1.61. The minimum atomic E-state index is -0.414. The topological polar surface area (TPSA) is 47.0 Å². The lowest BCUT2D eigenvalue weighted by molar-refractivity contribution is 0.420. The van der Waals surface area contributed by atoms with Crippen molar-refractivity contribution in [3.05, 3.63) is 47.4 Å². The SMILES string of the molecule is Cc1ccc(F)c(Oc2ccc(CNC(C)C)nn2)c1. The highest BCUT2D eigenvalue weighted by Crippen LogP contribution is 2.23. The predicted molar refractivity (Wildman–Crippen MR) is 75.2 cm³/mol. The number of aryl methyl sites for hydroxylation is 1. The van der Waals surface area contributed by atoms with Crippen LogP contribution < -0.4 is 10.1 Å². The Hall–Kier alpha value is -2.01. The van der Waals surface area contributed by atoms with Crippen LogP contribution >= 0.6 is 0 Å². The highest BCUT2D eigenvalue weighted by atomic mass is 19.1. The van der Waals surface area contributed by atoms with Gasteiger partial charge in [-0.05, 0) is 30.7 Å². The second-order valence-corrected chi connectivity index (χ2v) is 4.93. The van der Waals surface area contributed by atoms with Crippen LogP contribution in [0.3, 0.4) is 0 Å². The van der Waals surface area contributed by atoms with Gasteiger partial charge in [-0.15, -0.1) is 5.10 Å². The van der Waals surface area contributed by atoms with Crippen LogP contribution in [-0.2, 0) is 6.54 Å². The lowest BCUT2D eigenvalue weighted by Crippen LogP contribution is -2.22. The molecule has 0 saturated heterocycles. The van der Waals surface area contributed by atoms with Crippen LogP contribution in [0, 0.1) is 12.7 Å². The number of hydrogen-bond donors (Lipinski definition) is 1. The number of rotatable bonds is 5. The van der Waals surface area contributed by atoms with Gasteiger partial charge in [0, 0.05) is 18.7 Å². The molecule has 1 aromatic heterocycles. The third-order valence-electron chi connectivity index (χ3n) is 2.69. The van der Waals surface area contributed by atoms with Gasteiger partial charge in [0.1, 0.15) is 0 Å². The Labute approximate surface area is 118 Å². The lowest BCUT2D eigenvalue weighted by Gasteiger charge is -2.08. The number of benzene rings is 1. The molecule has 2 aromatic rings. The first-order valence-electron chi connectivity index (χ1n) is 6.54. The van der Waals surface area contributed by atoms with E-state index in [0.717, 1.165) is 11.3 Å². The number of hydrogen-bond acceptors (Lipinski definition) is 4. The zero-order chi connectivity index (χ0) is 14.5. The van der Waals surface area contributed by atoms with E-state index in [4.69, 9.17) is 4.74 Å². The molecule has 0 fully saturated rings. The summed E-state index contributed by atoms with van der Waals surface area (Å²) in [6, 6.07) is 8.57. The van der Waals surface area contributed by atoms with E-state index in [1.165, 1.54) is 6.07 Å². The molecule has 1 N–H and O–H groups in total. The summed E-state index contributed by atoms with van der Waals surface area (Å²) in [5, 5.41) is 11.2. The van der Waals surface area contributed by atoms with E-state index in [9.17, 15) is 4.39 Å². The fraction of sp³-hybridized carbons (Fsp3) is 0.333. The van der Waals surface area contributed by atoms with E-state index in [0.29, 0.717) is 12.6 Å². The fourth-order valence-electron chi connectivity index (χ4n) is 1.61. The molecule has 0 bridgehead atoms. The minimum absolute atomic E-state index is 0.160. The molecule has 0 spiro atoms. The van der Waals surface area contributed by atoms with Crippen molar-refractivity contribution in [1.82, 2.24) is 15.5 Å². The van der Waals surface area contributed by atoms with E-state index < -0.39 is 5.82 Å². The summed E-state index contributed by atoms with van der Waals surface area (Å²) in [7, 11) is 0. The lowest BCUT2D eigenvalue weighted by atomic mass is 10.2. The van der Waals surface area contributed by atoms with E-state index >= 15 is 0 Å². The Bertz CT molecular complexity index is 570. The van der Waals surface area contributed by atoms with Gasteiger partial charge in [-0.1, -0.05) is 19.9 Å². The average Bonchev–Trinajstić information content (AvgIpc) is 2.42. The van der Waals surface area contributed by atoms with Crippen molar-refractivity contribution in [2.75, 3.05) is 0 Å². The number of nitrogens with one attached hydrogen (secondary N) is 1. The zero-order valence-corrected chi connectivity index (χ0v) is 11.9. The van der Waals surface area contributed by atoms with Crippen LogP contribution in [-0.4, -0.2) is 16.2 Å². The van der Waals surface area contributed by atoms with Crippen molar-refractivity contribution in [3.63, 3.8) is 0 Å². The first kappa shape index (κ1) is 14.4. The molecule has 0 saturated carbocycles. The third kappa shape index (κ3) is 3.99. The normalized spacial score (nSPS) is 10.8. The van der Waals surface area contributed by atoms with Crippen molar-refractivity contribution in [3.8, 4) is 11.6 Å². The van der Waals surface area contributed by atoms with Crippen molar-refractivity contribution in [2.45, 2.75) is 33.4 Å². The second kappa shape index (κ2) is 6.43. The van der Waals surface area contributed by atoms with Gasteiger partial charge in [0.15, 0.2) is 11.6 Å². The van der Waals surface area contributed by atoms with Gasteiger partial charge in [-0.2, -0.15) is 5.10 Å². The summed E-state index contributed by atoms with van der Waals surface area (Å²) in [4.78, 5) is 0. The second-order valence-electron chi connectivity index (χ2n) is 4.93. The maximum Gasteiger partial charge on any atom is 0.239 e. The third-order valence-corrected chi connectivity index (χ3v) is 2.69. The molecule has 5 heteroatoms. The zero-order valence-electron chi connectivity index (χ0n) is 11.9. The number of ether oxygens (including phenoxy) is 1. The summed E-state index contributed by atoms with van der Waals surface area (Å²) in [6.45, 7) is 6.64. The van der Waals surface area contributed by atoms with Crippen LogP contribution in [0.5, 0.6) is 11.6 Å². The molecule has 0 atom stereocenters. The quantitative estimate of drug-likeness (QED) is 0.910. The maximum absolute atomic E-state index is 13.6. The minimum Gasteiger partial charge on any atom is -0.434 e. The van der Waals surface area contributed by atoms with Gasteiger partial charge < -0.3 is 10.1 Å². The first-order chi connectivity index (χ1) is 9.54. The molecule has 106 valence electrons. The first-order valence-corrected chi connectivity index (χ1v) is 6.54. The molecule has 1 aromatic carbocycles. The molecule has 0 aliphatic rings. The predicted octanol–water partition coefficient (Wildman–Crippen LogP) is 3.21. The van der Waals surface area contributed by atoms with Crippen LogP contribution in [0.25, 0.3) is 0 Å². The summed E-state index contributed by atoms with van der Waals surface area (Å²) >= 11 is 0. The van der Waals surface area contributed by atoms with Gasteiger partial charge >= 0.3 is 0 Å². The summed E-state index contributed by atoms with van der Waals surface area (Å²) < 4.78 is 19.0. The Balaban J connectivity index is 2.05. The van der Waals surface area contributed by atoms with Crippen molar-refractivity contribution in [1.29, 1.82) is 0 Å². The number of halogens is 1. The van der Waals surface area contributed by atoms with E-state index in [-0.39, 0.29) is 11.6 Å². The van der Waals surface area contributed by atoms with Gasteiger partial charge in [0.25, 0.3) is 0 Å². The molecule has 20 heavy (non-hydrogen) atoms. The monoisotopic (exact) mass is 275 g/mol. The summed E-state index contributed by atoms with van der Waals surface area (Å²) in [6.07, 6.45) is 0. The molecule has 0 aliphatic heterocycles. The van der Waals surface area contributed by atoms with Crippen LogP contribution in [0.4, 0.5) is 4.39 Å². The van der Waals surface area contributed by atoms with Gasteiger partial charge in [0.2, 0.25) is 5.88 Å². The van der Waals surface area contributed by atoms with Crippen molar-refractivity contribution < 1.29 is 9.13 Å². The molecule has 0 unspecified atom stereocenters. The van der Waals surface area contributed by atoms with Crippen LogP contribution in [0.2, 0.25) is 0 Å². The van der Waals surface area contributed by atoms with Gasteiger partial charge in [-0.25, -0.2) is 4.39 Å². The molecule has 2 rings (SSSR count). The van der Waals surface area contributed by atoms with Gasteiger partial charge in [-0.3, -0.25) is 0 Å². The molecular formula is C15H18FN3O. The van der Waals surface area contributed by atoms with E-state index in [1.54, 1.807) is 18.2 Å². The smallest absolute Gasteiger partial charge is 0.239 e. The summed E-state index contributed by atoms with van der Waals surface area (Å²) in [5.41, 5.74) is 1.74. The highest BCUT2D eigenvalue weighted by Gasteiger charge is 2.06. The van der Waals surface area contributed by atoms with Gasteiger partial charge in [0.05, 0.1) is 5.69 Å². The Kier molecular flexibility index (Phi) is 4.63. The van der Waals surface area contributed by atoms with Crippen molar-refractivity contribution >= 4 is 0 Å². The van der Waals surface area contributed by atoms with Crippen LogP contribution in [0.1, 0.15) is 25.1 Å². The Morgan fingerprint density at radius 1 is 1.20 bits per heavy atom. The highest BCUT2D eigenvalue weighted by molar-refractivity contribution is 5.32. The van der Waals surface area contributed by atoms with E-state index in [1.807, 2.05) is 13.0 Å². The van der Waals surface area contributed by atoms with Crippen molar-refractivity contribution in [2.24, 2.45) is 0 Å². The standard InChI is InChI=1S/C15H18FN3O/c1-10(2)17-9-12-5-7-15(19-18-12)20-14-8-11(3)4-6-13(14)16/h4-8,10,17H,9H2,1-3H3. The average molecular weight is 275 g/mol. The largest absolute Gasteiger partial charge is 0.434 e. The molecule has 0 radical (unpaired) electrons. The number of aromatic nitrogens is 2. The summed E-state index contributed by atoms with van der Waals surface area (Å²) in [5.74, 6) is 0.0260. The maximum atomic E-state index is 13.6. The van der Waals surface area contributed by atoms with Crippen LogP contribution in [0.15, 0.2) is 30.3 Å². The van der Waals surface area contributed by atoms with E-state index in [2.05, 4.69) is 29.4 Å². The molecular weight excluding hydrogens is 257 g/mol. The molecule has 4 nitrogen and oxygen atoms in total. The molecule has 0 aliphatic carbocycles. The number of nitrogens with zero attached hydrogens (tertiary/aromatic N) is 2. The Morgan fingerprint density at radius 3 is 2.65 bits per heavy atom. The molecule has 0 amide bonds.